The van der Waals surface area contributed by atoms with Gasteiger partial charge in [-0.15, -0.1) is 10.2 Å². The molecule has 1 amide bonds. The van der Waals surface area contributed by atoms with Crippen molar-refractivity contribution in [3.8, 4) is 0 Å². The Bertz CT molecular complexity index is 924. The average molecular weight is 441 g/mol. The van der Waals surface area contributed by atoms with Gasteiger partial charge in [0.15, 0.2) is 5.16 Å². The number of hydrogen-bond donors (Lipinski definition) is 2. The van der Waals surface area contributed by atoms with Gasteiger partial charge in [-0.05, 0) is 36.4 Å². The van der Waals surface area contributed by atoms with Crippen LogP contribution in [0.15, 0.2) is 34.3 Å². The number of sulfonamides is 1. The fourth-order valence-electron chi connectivity index (χ4n) is 2.94. The Morgan fingerprint density at radius 3 is 2.31 bits per heavy atom. The summed E-state index contributed by atoms with van der Waals surface area (Å²) in [6, 6.07) is 5.58. The topological polar surface area (TPSA) is 123 Å². The second-order valence-corrected chi connectivity index (χ2v) is 9.34. The molecule has 0 aliphatic rings. The van der Waals surface area contributed by atoms with E-state index in [4.69, 9.17) is 5.73 Å². The Balaban J connectivity index is 2.21. The molecular weight excluding hydrogens is 412 g/mol. The lowest BCUT2D eigenvalue weighted by atomic mass is 10.2. The van der Waals surface area contributed by atoms with Crippen molar-refractivity contribution < 1.29 is 13.2 Å². The summed E-state index contributed by atoms with van der Waals surface area (Å²) >= 11 is 1.46. The molecule has 0 aliphatic carbocycles. The summed E-state index contributed by atoms with van der Waals surface area (Å²) in [6.07, 6.45) is 0.500. The number of thioether (sulfide) groups is 1. The highest BCUT2D eigenvalue weighted by atomic mass is 32.2. The third-order valence-electron chi connectivity index (χ3n) is 4.43. The van der Waals surface area contributed by atoms with E-state index >= 15 is 0 Å². The number of aromatic nitrogens is 3. The number of nitrogens with two attached hydrogens (primary N) is 1. The molecule has 0 fully saturated rings. The molecule has 1 aromatic carbocycles. The number of nitrogens with zero attached hydrogens (tertiary/aromatic N) is 4. The van der Waals surface area contributed by atoms with Crippen LogP contribution in [-0.4, -0.2) is 52.2 Å². The molecule has 0 bridgehead atoms. The summed E-state index contributed by atoms with van der Waals surface area (Å²) in [7, 11) is -3.54. The molecule has 3 N–H and O–H groups in total. The summed E-state index contributed by atoms with van der Waals surface area (Å²) in [5.74, 6) is 0.693. The second-order valence-electron chi connectivity index (χ2n) is 6.17. The third-order valence-corrected chi connectivity index (χ3v) is 7.32. The fourth-order valence-corrected chi connectivity index (χ4v) is 5.12. The number of amides is 1. The molecule has 9 nitrogen and oxygen atoms in total. The number of carbonyl (C=O) groups excluding carboxylic acids is 1. The minimum absolute atomic E-state index is 0.184. The van der Waals surface area contributed by atoms with Gasteiger partial charge >= 0.3 is 0 Å². The van der Waals surface area contributed by atoms with Gasteiger partial charge in [0.2, 0.25) is 21.9 Å². The maximum Gasteiger partial charge on any atom is 0.247 e. The normalized spacial score (nSPS) is 12.9. The molecule has 0 radical (unpaired) electrons. The number of nitrogens with one attached hydrogen (secondary N) is 1. The molecule has 11 heteroatoms. The first-order valence-corrected chi connectivity index (χ1v) is 12.0. The van der Waals surface area contributed by atoms with Crippen molar-refractivity contribution in [3.63, 3.8) is 0 Å². The molecule has 2 aromatic rings. The lowest BCUT2D eigenvalue weighted by Crippen LogP contribution is -2.30. The fraction of sp³-hybridized carbons (Fsp3) is 0.500. The van der Waals surface area contributed by atoms with Gasteiger partial charge in [0, 0.05) is 18.8 Å². The van der Waals surface area contributed by atoms with Crippen LogP contribution in [0.2, 0.25) is 0 Å². The van der Waals surface area contributed by atoms with Gasteiger partial charge in [-0.1, -0.05) is 39.5 Å². The van der Waals surface area contributed by atoms with Crippen LogP contribution in [0.5, 0.6) is 0 Å². The van der Waals surface area contributed by atoms with Crippen molar-refractivity contribution in [2.75, 3.05) is 29.9 Å². The number of rotatable bonds is 10. The first-order chi connectivity index (χ1) is 13.8. The van der Waals surface area contributed by atoms with Crippen molar-refractivity contribution in [1.29, 1.82) is 0 Å². The second kappa shape index (κ2) is 10.1. The molecule has 0 spiro atoms. The van der Waals surface area contributed by atoms with Gasteiger partial charge in [0.1, 0.15) is 6.04 Å². The molecule has 1 aromatic heterocycles. The maximum absolute atomic E-state index is 12.9. The predicted octanol–water partition coefficient (Wildman–Crippen LogP) is 2.59. The third kappa shape index (κ3) is 5.09. The van der Waals surface area contributed by atoms with E-state index in [0.717, 1.165) is 5.75 Å². The summed E-state index contributed by atoms with van der Waals surface area (Å²) in [4.78, 5) is 13.0. The number of nitrogen functional groups attached to an aromatic ring is 1. The molecule has 0 aliphatic heterocycles. The first-order valence-electron chi connectivity index (χ1n) is 9.54. The summed E-state index contributed by atoms with van der Waals surface area (Å²) in [5, 5.41) is 11.3. The molecule has 1 unspecified atom stereocenters. The minimum atomic E-state index is -3.54. The maximum atomic E-state index is 12.9. The van der Waals surface area contributed by atoms with Crippen molar-refractivity contribution in [2.24, 2.45) is 0 Å². The van der Waals surface area contributed by atoms with Crippen molar-refractivity contribution >= 4 is 39.3 Å². The van der Waals surface area contributed by atoms with Gasteiger partial charge in [-0.3, -0.25) is 9.36 Å². The highest BCUT2D eigenvalue weighted by molar-refractivity contribution is 7.99. The summed E-state index contributed by atoms with van der Waals surface area (Å²) in [5.41, 5.74) is 6.43. The smallest absolute Gasteiger partial charge is 0.247 e. The van der Waals surface area contributed by atoms with E-state index in [1.807, 2.05) is 13.8 Å². The van der Waals surface area contributed by atoms with Gasteiger partial charge in [-0.2, -0.15) is 4.31 Å². The van der Waals surface area contributed by atoms with Gasteiger partial charge in [0.05, 0.1) is 4.90 Å². The molecule has 1 atom stereocenters. The van der Waals surface area contributed by atoms with Gasteiger partial charge in [0.25, 0.3) is 0 Å². The van der Waals surface area contributed by atoms with E-state index < -0.39 is 16.1 Å². The van der Waals surface area contributed by atoms with Crippen LogP contribution in [0.3, 0.4) is 0 Å². The zero-order valence-corrected chi connectivity index (χ0v) is 18.8. The summed E-state index contributed by atoms with van der Waals surface area (Å²) in [6.45, 7) is 8.24. The van der Waals surface area contributed by atoms with Crippen LogP contribution in [0.4, 0.5) is 11.6 Å². The number of benzene rings is 1. The highest BCUT2D eigenvalue weighted by Gasteiger charge is 2.25. The number of hydrogen-bond acceptors (Lipinski definition) is 7. The van der Waals surface area contributed by atoms with Crippen LogP contribution in [0.1, 0.15) is 40.2 Å². The van der Waals surface area contributed by atoms with Crippen LogP contribution >= 0.6 is 11.8 Å². The monoisotopic (exact) mass is 440 g/mol. The van der Waals surface area contributed by atoms with Crippen LogP contribution in [0.25, 0.3) is 0 Å². The standard InChI is InChI=1S/C18H28N6O3S2/c1-5-15(24-17(19)21-22-18(24)28-8-4)16(25)20-13-9-11-14(12-10-13)29(26,27)23(6-2)7-3/h9-12,15H,5-8H2,1-4H3,(H2,19,21)(H,20,25). The Morgan fingerprint density at radius 2 is 1.79 bits per heavy atom. The van der Waals surface area contributed by atoms with E-state index in [1.54, 1.807) is 30.5 Å². The number of anilines is 2. The average Bonchev–Trinajstić information content (AvgIpc) is 3.04. The van der Waals surface area contributed by atoms with E-state index in [-0.39, 0.29) is 16.8 Å². The van der Waals surface area contributed by atoms with E-state index in [1.165, 1.54) is 28.2 Å². The Kier molecular flexibility index (Phi) is 8.05. The lowest BCUT2D eigenvalue weighted by molar-refractivity contribution is -0.119. The molecule has 29 heavy (non-hydrogen) atoms. The van der Waals surface area contributed by atoms with Gasteiger partial charge in [-0.25, -0.2) is 8.42 Å². The molecule has 2 rings (SSSR count). The Hall–Kier alpha value is -2.11. The van der Waals surface area contributed by atoms with Crippen LogP contribution in [0, 0.1) is 0 Å². The molecule has 160 valence electrons. The summed E-state index contributed by atoms with van der Waals surface area (Å²) < 4.78 is 28.2. The SMILES string of the molecule is CCSc1nnc(N)n1C(CC)C(=O)Nc1ccc(S(=O)(=O)N(CC)CC)cc1. The molecular formula is C18H28N6O3S2. The lowest BCUT2D eigenvalue weighted by Gasteiger charge is -2.20. The van der Waals surface area contributed by atoms with E-state index in [0.29, 0.717) is 30.4 Å². The van der Waals surface area contributed by atoms with Crippen molar-refractivity contribution in [2.45, 2.75) is 50.2 Å². The largest absolute Gasteiger partial charge is 0.368 e. The van der Waals surface area contributed by atoms with Crippen LogP contribution < -0.4 is 11.1 Å². The highest BCUT2D eigenvalue weighted by Crippen LogP contribution is 2.26. The zero-order valence-electron chi connectivity index (χ0n) is 17.1. The van der Waals surface area contributed by atoms with Gasteiger partial charge < -0.3 is 11.1 Å². The zero-order chi connectivity index (χ0) is 21.6. The van der Waals surface area contributed by atoms with Crippen molar-refractivity contribution in [3.05, 3.63) is 24.3 Å². The minimum Gasteiger partial charge on any atom is -0.368 e. The Morgan fingerprint density at radius 1 is 1.17 bits per heavy atom. The quantitative estimate of drug-likeness (QED) is 0.544. The Labute approximate surface area is 176 Å². The van der Waals surface area contributed by atoms with E-state index in [2.05, 4.69) is 15.5 Å². The molecule has 1 heterocycles. The van der Waals surface area contributed by atoms with E-state index in [9.17, 15) is 13.2 Å². The first kappa shape index (κ1) is 23.2. The van der Waals surface area contributed by atoms with Crippen LogP contribution in [-0.2, 0) is 14.8 Å². The number of carbonyl (C=O) groups is 1. The molecule has 0 saturated carbocycles. The molecule has 0 saturated heterocycles. The van der Waals surface area contributed by atoms with Crippen molar-refractivity contribution in [1.82, 2.24) is 19.1 Å². The predicted molar refractivity (Wildman–Crippen MR) is 115 cm³/mol.